The highest BCUT2D eigenvalue weighted by Gasteiger charge is 2.10. The number of hydrogen-bond acceptors (Lipinski definition) is 1. The zero-order valence-electron chi connectivity index (χ0n) is 9.83. The van der Waals surface area contributed by atoms with Gasteiger partial charge in [-0.3, -0.25) is 5.41 Å². The molecule has 1 N–H and O–H groups in total. The number of hydrogen-bond donors (Lipinski definition) is 1. The molecule has 0 aromatic heterocycles. The van der Waals surface area contributed by atoms with E-state index in [0.717, 1.165) is 11.1 Å². The lowest BCUT2D eigenvalue weighted by Crippen LogP contribution is -2.22. The average Bonchev–Trinajstić information content (AvgIpc) is 2.18. The Morgan fingerprint density at radius 1 is 1.07 bits per heavy atom. The first-order valence-corrected chi connectivity index (χ1v) is 5.03. The third kappa shape index (κ3) is 2.69. The lowest BCUT2D eigenvalue weighted by molar-refractivity contribution is 0.624. The molecule has 0 aliphatic carbocycles. The van der Waals surface area contributed by atoms with Crippen molar-refractivity contribution < 1.29 is 0 Å². The van der Waals surface area contributed by atoms with Crippen molar-refractivity contribution >= 4 is 11.4 Å². The Morgan fingerprint density at radius 2 is 1.60 bits per heavy atom. The van der Waals surface area contributed by atoms with Gasteiger partial charge in [-0.2, -0.15) is 0 Å². The molecule has 0 bridgehead atoms. The number of likely N-dealkylation sites (N-methyl/N-ethyl adjacent to an activating group) is 1. The zero-order chi connectivity index (χ0) is 11.4. The van der Waals surface area contributed by atoms with Gasteiger partial charge >= 0.3 is 0 Å². The Hall–Kier alpha value is -1.57. The normalized spacial score (nSPS) is 9.60. The topological polar surface area (TPSA) is 27.1 Å². The van der Waals surface area contributed by atoms with E-state index in [1.54, 1.807) is 0 Å². The van der Waals surface area contributed by atoms with Crippen LogP contribution in [0.25, 0.3) is 5.57 Å². The largest absolute Gasteiger partial charge is 0.363 e. The molecule has 2 nitrogen and oxygen atoms in total. The molecule has 0 saturated heterocycles. The second-order valence-corrected chi connectivity index (χ2v) is 3.98. The highest BCUT2D eigenvalue weighted by molar-refractivity contribution is 6.21. The summed E-state index contributed by atoms with van der Waals surface area (Å²) < 4.78 is 0. The maximum atomic E-state index is 8.04. The summed E-state index contributed by atoms with van der Waals surface area (Å²) in [5.74, 6) is 0.557. The molecular weight excluding hydrogens is 184 g/mol. The molecule has 80 valence electrons. The fourth-order valence-corrected chi connectivity index (χ4v) is 1.49. The van der Waals surface area contributed by atoms with Crippen LogP contribution in [0.15, 0.2) is 35.9 Å². The number of benzene rings is 1. The maximum Gasteiger partial charge on any atom is 0.128 e. The third-order valence-electron chi connectivity index (χ3n) is 2.25. The molecule has 0 fully saturated rings. The van der Waals surface area contributed by atoms with Gasteiger partial charge in [0.15, 0.2) is 0 Å². The lowest BCUT2D eigenvalue weighted by atomic mass is 10.00. The predicted molar refractivity (Wildman–Crippen MR) is 66.1 cm³/mol. The molecule has 15 heavy (non-hydrogen) atoms. The molecule has 1 aromatic rings. The minimum Gasteiger partial charge on any atom is -0.363 e. The van der Waals surface area contributed by atoms with Crippen LogP contribution >= 0.6 is 0 Å². The Bertz CT molecular complexity index is 371. The summed E-state index contributed by atoms with van der Waals surface area (Å²) in [5.41, 5.74) is 3.29. The Balaban J connectivity index is 3.18. The number of nitrogens with zero attached hydrogens (tertiary/aromatic N) is 1. The summed E-state index contributed by atoms with van der Waals surface area (Å²) in [7, 11) is 3.79. The number of nitrogens with one attached hydrogen (secondary N) is 1. The van der Waals surface area contributed by atoms with Crippen LogP contribution in [0.4, 0.5) is 0 Å². The van der Waals surface area contributed by atoms with Gasteiger partial charge in [0.1, 0.15) is 5.84 Å². The molecule has 1 aromatic carbocycles. The van der Waals surface area contributed by atoms with Crippen LogP contribution in [0.5, 0.6) is 0 Å². The van der Waals surface area contributed by atoms with Gasteiger partial charge in [-0.15, -0.1) is 0 Å². The summed E-state index contributed by atoms with van der Waals surface area (Å²) >= 11 is 0. The zero-order valence-corrected chi connectivity index (χ0v) is 9.83. The lowest BCUT2D eigenvalue weighted by Gasteiger charge is -2.18. The van der Waals surface area contributed by atoms with Crippen LogP contribution in [-0.2, 0) is 0 Å². The molecule has 0 spiro atoms. The van der Waals surface area contributed by atoms with Crippen LogP contribution < -0.4 is 0 Å². The summed E-state index contributed by atoms with van der Waals surface area (Å²) in [6.45, 7) is 4.08. The van der Waals surface area contributed by atoms with E-state index in [-0.39, 0.29) is 0 Å². The minimum atomic E-state index is 0.557. The fourth-order valence-electron chi connectivity index (χ4n) is 1.49. The smallest absolute Gasteiger partial charge is 0.128 e. The van der Waals surface area contributed by atoms with Gasteiger partial charge in [0.2, 0.25) is 0 Å². The summed E-state index contributed by atoms with van der Waals surface area (Å²) in [6, 6.07) is 10.1. The van der Waals surface area contributed by atoms with E-state index in [0.29, 0.717) is 5.84 Å². The van der Waals surface area contributed by atoms with Crippen molar-refractivity contribution in [1.29, 1.82) is 5.41 Å². The molecule has 2 heteroatoms. The molecule has 0 amide bonds. The van der Waals surface area contributed by atoms with Gasteiger partial charge in [0.25, 0.3) is 0 Å². The van der Waals surface area contributed by atoms with Gasteiger partial charge in [-0.1, -0.05) is 35.9 Å². The van der Waals surface area contributed by atoms with E-state index in [1.807, 2.05) is 63.2 Å². The van der Waals surface area contributed by atoms with E-state index < -0.39 is 0 Å². The van der Waals surface area contributed by atoms with Gasteiger partial charge in [0.05, 0.1) is 0 Å². The number of rotatable bonds is 2. The average molecular weight is 202 g/mol. The first-order chi connectivity index (χ1) is 7.04. The van der Waals surface area contributed by atoms with E-state index >= 15 is 0 Å². The van der Waals surface area contributed by atoms with Crippen molar-refractivity contribution in [3.63, 3.8) is 0 Å². The molecule has 1 rings (SSSR count). The van der Waals surface area contributed by atoms with Crippen molar-refractivity contribution in [2.75, 3.05) is 14.1 Å². The highest BCUT2D eigenvalue weighted by Crippen LogP contribution is 2.20. The first-order valence-electron chi connectivity index (χ1n) is 5.03. The quantitative estimate of drug-likeness (QED) is 0.579. The molecule has 0 aliphatic rings. The van der Waals surface area contributed by atoms with E-state index in [2.05, 4.69) is 0 Å². The standard InChI is InChI=1S/C13H18N2/c1-10(2)12(13(14)15(3)4)11-8-6-5-7-9-11/h5-9,14H,1-4H3. The maximum absolute atomic E-state index is 8.04. The Labute approximate surface area is 91.7 Å². The predicted octanol–water partition coefficient (Wildman–Crippen LogP) is 3.02. The first kappa shape index (κ1) is 11.5. The number of allylic oxidation sites excluding steroid dienone is 1. The molecule has 0 unspecified atom stereocenters. The second-order valence-electron chi connectivity index (χ2n) is 3.98. The van der Waals surface area contributed by atoms with Crippen molar-refractivity contribution in [2.45, 2.75) is 13.8 Å². The summed E-state index contributed by atoms with van der Waals surface area (Å²) in [5, 5.41) is 8.04. The minimum absolute atomic E-state index is 0.557. The van der Waals surface area contributed by atoms with E-state index in [9.17, 15) is 0 Å². The van der Waals surface area contributed by atoms with Gasteiger partial charge in [-0.05, 0) is 19.4 Å². The molecule has 0 saturated carbocycles. The monoisotopic (exact) mass is 202 g/mol. The van der Waals surface area contributed by atoms with Gasteiger partial charge in [0, 0.05) is 19.7 Å². The fraction of sp³-hybridized carbons (Fsp3) is 0.308. The molecular formula is C13H18N2. The Morgan fingerprint density at radius 3 is 2.00 bits per heavy atom. The second kappa shape index (κ2) is 4.78. The van der Waals surface area contributed by atoms with Crippen LogP contribution in [0, 0.1) is 5.41 Å². The van der Waals surface area contributed by atoms with Crippen LogP contribution in [0.2, 0.25) is 0 Å². The van der Waals surface area contributed by atoms with Gasteiger partial charge < -0.3 is 4.90 Å². The SMILES string of the molecule is CC(C)=C(C(=N)N(C)C)c1ccccc1. The van der Waals surface area contributed by atoms with E-state index in [4.69, 9.17) is 5.41 Å². The van der Waals surface area contributed by atoms with Crippen LogP contribution in [-0.4, -0.2) is 24.8 Å². The molecule has 0 radical (unpaired) electrons. The molecule has 0 heterocycles. The van der Waals surface area contributed by atoms with Crippen LogP contribution in [0.3, 0.4) is 0 Å². The number of amidine groups is 1. The Kier molecular flexibility index (Phi) is 3.67. The highest BCUT2D eigenvalue weighted by atomic mass is 15.1. The van der Waals surface area contributed by atoms with Crippen molar-refractivity contribution in [3.05, 3.63) is 41.5 Å². The van der Waals surface area contributed by atoms with Crippen molar-refractivity contribution in [2.24, 2.45) is 0 Å². The van der Waals surface area contributed by atoms with Crippen molar-refractivity contribution in [3.8, 4) is 0 Å². The summed E-state index contributed by atoms with van der Waals surface area (Å²) in [6.07, 6.45) is 0. The third-order valence-corrected chi connectivity index (χ3v) is 2.25. The van der Waals surface area contributed by atoms with Crippen LogP contribution in [0.1, 0.15) is 19.4 Å². The summed E-state index contributed by atoms with van der Waals surface area (Å²) in [4.78, 5) is 1.83. The van der Waals surface area contributed by atoms with Crippen molar-refractivity contribution in [1.82, 2.24) is 4.90 Å². The van der Waals surface area contributed by atoms with E-state index in [1.165, 1.54) is 5.57 Å². The van der Waals surface area contributed by atoms with Gasteiger partial charge in [-0.25, -0.2) is 0 Å². The molecule has 0 atom stereocenters. The molecule has 0 aliphatic heterocycles.